The molecule has 0 radical (unpaired) electrons. The van der Waals surface area contributed by atoms with E-state index in [4.69, 9.17) is 0 Å². The molecule has 7 nitrogen and oxygen atoms in total. The maximum absolute atomic E-state index is 12.1. The average Bonchev–Trinajstić information content (AvgIpc) is 3.38. The van der Waals surface area contributed by atoms with E-state index in [1.165, 1.54) is 64.2 Å². The highest BCUT2D eigenvalue weighted by Gasteiger charge is 2.59. The third-order valence-electron chi connectivity index (χ3n) is 13.8. The zero-order valence-corrected chi connectivity index (χ0v) is 30.9. The molecule has 4 N–H and O–H groups in total. The van der Waals surface area contributed by atoms with Gasteiger partial charge in [-0.25, -0.2) is 0 Å². The predicted molar refractivity (Wildman–Crippen MR) is 197 cm³/mol. The summed E-state index contributed by atoms with van der Waals surface area (Å²) in [4.78, 5) is 26.2. The first-order valence-electron chi connectivity index (χ1n) is 19.4. The summed E-state index contributed by atoms with van der Waals surface area (Å²) in [6, 6.07) is 0. The standard InChI is InChI=1S/C40H68N4O3/c1-26(2)10-8-11-27(3)31-14-15-32-30-13-12-29-24-28(16-18-39(29,4)33(30)17-19-40(31,32)5)25-34(45)41-21-22-43-36-35(37(46)38(36)47)42-20-9-23-44(6)7/h12,26-28,30-34,41-43,45H,8-11,13-25H2,1-7H3/t27-,28?,30?,31-,32+,33+,34?,39+,40-/m1/s1. The molecular weight excluding hydrogens is 584 g/mol. The van der Waals surface area contributed by atoms with Crippen molar-refractivity contribution in [3.8, 4) is 0 Å². The first kappa shape index (κ1) is 36.6. The molecule has 4 aliphatic carbocycles. The Labute approximate surface area is 285 Å². The number of nitrogens with one attached hydrogen (secondary N) is 3. The van der Waals surface area contributed by atoms with Crippen molar-refractivity contribution in [2.45, 2.75) is 124 Å². The average molecular weight is 653 g/mol. The van der Waals surface area contributed by atoms with Crippen LogP contribution in [0.2, 0.25) is 0 Å². The Kier molecular flexibility index (Phi) is 12.0. The molecule has 47 heavy (non-hydrogen) atoms. The molecule has 9 atom stereocenters. The molecule has 3 fully saturated rings. The number of anilines is 2. The molecule has 1 aromatic carbocycles. The van der Waals surface area contributed by atoms with Gasteiger partial charge < -0.3 is 20.6 Å². The summed E-state index contributed by atoms with van der Waals surface area (Å²) in [6.07, 6.45) is 18.5. The van der Waals surface area contributed by atoms with Crippen LogP contribution in [0.1, 0.15) is 118 Å². The van der Waals surface area contributed by atoms with Gasteiger partial charge in [-0.1, -0.05) is 65.5 Å². The fourth-order valence-corrected chi connectivity index (χ4v) is 11.1. The van der Waals surface area contributed by atoms with Crippen LogP contribution in [0, 0.1) is 52.3 Å². The molecule has 0 heterocycles. The highest BCUT2D eigenvalue weighted by molar-refractivity contribution is 5.73. The van der Waals surface area contributed by atoms with Gasteiger partial charge in [0, 0.05) is 19.6 Å². The lowest BCUT2D eigenvalue weighted by Crippen LogP contribution is -2.50. The van der Waals surface area contributed by atoms with Gasteiger partial charge in [0.15, 0.2) is 0 Å². The molecule has 7 heteroatoms. The van der Waals surface area contributed by atoms with E-state index in [2.05, 4.69) is 61.5 Å². The number of allylic oxidation sites excluding steroid dienone is 2. The molecule has 0 saturated heterocycles. The molecule has 0 bridgehead atoms. The number of fused-ring (bicyclic) bond motifs is 5. The van der Waals surface area contributed by atoms with Gasteiger partial charge in [0.1, 0.15) is 17.6 Å². The Morgan fingerprint density at radius 3 is 2.32 bits per heavy atom. The van der Waals surface area contributed by atoms with Gasteiger partial charge in [-0.3, -0.25) is 14.9 Å². The van der Waals surface area contributed by atoms with Crippen molar-refractivity contribution in [2.75, 3.05) is 50.9 Å². The van der Waals surface area contributed by atoms with Crippen LogP contribution in [0.25, 0.3) is 0 Å². The summed E-state index contributed by atoms with van der Waals surface area (Å²) >= 11 is 0. The molecule has 266 valence electrons. The minimum atomic E-state index is -0.562. The van der Waals surface area contributed by atoms with Crippen molar-refractivity contribution in [3.05, 3.63) is 32.1 Å². The van der Waals surface area contributed by atoms with Crippen LogP contribution in [0.5, 0.6) is 0 Å². The molecular formula is C40H68N4O3. The topological polar surface area (TPSA) is 93.7 Å². The second-order valence-corrected chi connectivity index (χ2v) is 17.5. The van der Waals surface area contributed by atoms with Gasteiger partial charge in [0.25, 0.3) is 10.9 Å². The molecule has 5 rings (SSSR count). The van der Waals surface area contributed by atoms with Crippen LogP contribution in [-0.4, -0.2) is 56.5 Å². The first-order valence-corrected chi connectivity index (χ1v) is 19.4. The lowest BCUT2D eigenvalue weighted by molar-refractivity contribution is -0.0541. The van der Waals surface area contributed by atoms with Gasteiger partial charge in [0.05, 0.1) is 0 Å². The van der Waals surface area contributed by atoms with Crippen LogP contribution >= 0.6 is 0 Å². The molecule has 0 spiro atoms. The van der Waals surface area contributed by atoms with E-state index in [0.29, 0.717) is 47.8 Å². The molecule has 1 aromatic rings. The number of nitrogens with zero attached hydrogens (tertiary/aromatic N) is 1. The van der Waals surface area contributed by atoms with E-state index in [-0.39, 0.29) is 0 Å². The van der Waals surface area contributed by atoms with Gasteiger partial charge in [-0.2, -0.15) is 0 Å². The van der Waals surface area contributed by atoms with Gasteiger partial charge in [-0.05, 0) is 137 Å². The Hall–Kier alpha value is -1.70. The minimum Gasteiger partial charge on any atom is -0.380 e. The maximum atomic E-state index is 12.1. The van der Waals surface area contributed by atoms with E-state index in [1.54, 1.807) is 5.57 Å². The normalized spacial score (nSPS) is 33.3. The van der Waals surface area contributed by atoms with Crippen LogP contribution < -0.4 is 26.8 Å². The number of hydrogen-bond acceptors (Lipinski definition) is 7. The van der Waals surface area contributed by atoms with E-state index in [9.17, 15) is 14.7 Å². The van der Waals surface area contributed by atoms with Crippen LogP contribution in [0.4, 0.5) is 11.4 Å². The molecule has 0 aromatic heterocycles. The van der Waals surface area contributed by atoms with Crippen LogP contribution in [-0.2, 0) is 0 Å². The number of aliphatic hydroxyl groups excluding tert-OH is 1. The number of rotatable bonds is 17. The fraction of sp³-hybridized carbons (Fsp3) is 0.850. The Morgan fingerprint density at radius 1 is 0.894 bits per heavy atom. The van der Waals surface area contributed by atoms with E-state index in [1.807, 2.05) is 14.1 Å². The lowest BCUT2D eigenvalue weighted by Gasteiger charge is -2.58. The Balaban J connectivity index is 1.08. The molecule has 0 amide bonds. The second kappa shape index (κ2) is 15.5. The zero-order valence-electron chi connectivity index (χ0n) is 30.9. The SMILES string of the molecule is CC(C)CCC[C@@H](C)[C@H]1CC[C@H]2C3CC=C4CC(CC(O)NCCNc5c(NCCCN(C)C)c(=O)c5=O)CC[C@]4(C)[C@H]3CC[C@]12C. The third kappa shape index (κ3) is 7.88. The highest BCUT2D eigenvalue weighted by Crippen LogP contribution is 2.67. The van der Waals surface area contributed by atoms with Crippen molar-refractivity contribution in [1.82, 2.24) is 10.2 Å². The Bertz CT molecular complexity index is 1280. The largest absolute Gasteiger partial charge is 0.380 e. The van der Waals surface area contributed by atoms with Crippen molar-refractivity contribution in [2.24, 2.45) is 52.3 Å². The molecule has 3 saturated carbocycles. The van der Waals surface area contributed by atoms with E-state index in [0.717, 1.165) is 61.3 Å². The monoisotopic (exact) mass is 653 g/mol. The fourth-order valence-electron chi connectivity index (χ4n) is 11.1. The Morgan fingerprint density at radius 2 is 1.62 bits per heavy atom. The summed E-state index contributed by atoms with van der Waals surface area (Å²) in [5.41, 5.74) is 2.47. The van der Waals surface area contributed by atoms with Gasteiger partial charge >= 0.3 is 0 Å². The minimum absolute atomic E-state index is 0.336. The third-order valence-corrected chi connectivity index (χ3v) is 13.8. The molecule has 3 unspecified atom stereocenters. The lowest BCUT2D eigenvalue weighted by atomic mass is 9.46. The summed E-state index contributed by atoms with van der Waals surface area (Å²) in [6.45, 7) is 15.2. The van der Waals surface area contributed by atoms with Crippen molar-refractivity contribution < 1.29 is 5.11 Å². The number of aliphatic hydroxyl groups is 1. The summed E-state index contributed by atoms with van der Waals surface area (Å²) < 4.78 is 0. The molecule has 4 aliphatic rings. The van der Waals surface area contributed by atoms with Crippen LogP contribution in [0.15, 0.2) is 21.2 Å². The second-order valence-electron chi connectivity index (χ2n) is 17.5. The predicted octanol–water partition coefficient (Wildman–Crippen LogP) is 7.01. The zero-order chi connectivity index (χ0) is 33.9. The number of hydrogen-bond donors (Lipinski definition) is 4. The van der Waals surface area contributed by atoms with Crippen LogP contribution in [0.3, 0.4) is 0 Å². The van der Waals surface area contributed by atoms with E-state index >= 15 is 0 Å². The smallest absolute Gasteiger partial charge is 0.253 e. The molecule has 0 aliphatic heterocycles. The van der Waals surface area contributed by atoms with Crippen molar-refractivity contribution in [1.29, 1.82) is 0 Å². The summed E-state index contributed by atoms with van der Waals surface area (Å²) in [5, 5.41) is 20.4. The van der Waals surface area contributed by atoms with Gasteiger partial charge in [-0.15, -0.1) is 0 Å². The highest BCUT2D eigenvalue weighted by atomic mass is 16.3. The van der Waals surface area contributed by atoms with Crippen molar-refractivity contribution >= 4 is 11.4 Å². The maximum Gasteiger partial charge on any atom is 0.253 e. The first-order chi connectivity index (χ1) is 22.3. The van der Waals surface area contributed by atoms with Crippen molar-refractivity contribution in [3.63, 3.8) is 0 Å². The quantitative estimate of drug-likeness (QED) is 0.0623. The summed E-state index contributed by atoms with van der Waals surface area (Å²) in [5.74, 6) is 5.66. The van der Waals surface area contributed by atoms with Gasteiger partial charge in [0.2, 0.25) is 0 Å². The van der Waals surface area contributed by atoms with E-state index < -0.39 is 17.1 Å². The summed E-state index contributed by atoms with van der Waals surface area (Å²) in [7, 11) is 4.04.